The normalized spacial score (nSPS) is 41.0. The van der Waals surface area contributed by atoms with Gasteiger partial charge in [-0.05, 0) is 5.60 Å². The van der Waals surface area contributed by atoms with E-state index in [0.717, 1.165) is 6.61 Å². The third-order valence-electron chi connectivity index (χ3n) is 0.637. The van der Waals surface area contributed by atoms with Crippen LogP contribution in [0.5, 0.6) is 0 Å². The first-order valence-electron chi connectivity index (χ1n) is 1.70. The molecule has 0 aliphatic carbocycles. The van der Waals surface area contributed by atoms with Gasteiger partial charge in [-0.15, -0.1) is 0 Å². The number of epoxide rings is 1. The van der Waals surface area contributed by atoms with E-state index in [1.165, 1.54) is 0 Å². The number of hydrogen-bond donors (Lipinski definition) is 0. The first-order valence-corrected chi connectivity index (χ1v) is 1.70. The fourth-order valence-corrected chi connectivity index (χ4v) is 0.123. The van der Waals surface area contributed by atoms with Crippen molar-refractivity contribution in [3.8, 4) is 0 Å². The molecule has 0 saturated carbocycles. The van der Waals surface area contributed by atoms with E-state index in [0.29, 0.717) is 0 Å². The monoisotopic (exact) mass is 338 g/mol. The Kier molecular flexibility index (Phi) is 0.592. The van der Waals surface area contributed by atoms with Crippen molar-refractivity contribution in [1.82, 2.24) is 0 Å². The standard InChI is InChI=1S/C4H7O.Rf/c1-4(2)3-5-4;/h1,3H2,2H3;/q-1;. The van der Waals surface area contributed by atoms with Crippen molar-refractivity contribution >= 4 is 0 Å². The molecule has 0 bridgehead atoms. The molecule has 0 aromatic carbocycles. The van der Waals surface area contributed by atoms with Gasteiger partial charge in [-0.3, -0.25) is 0 Å². The summed E-state index contributed by atoms with van der Waals surface area (Å²) in [5.41, 5.74) is 0. The average molecular weight is 338 g/mol. The van der Waals surface area contributed by atoms with Gasteiger partial charge in [0.25, 0.3) is 0 Å². The summed E-state index contributed by atoms with van der Waals surface area (Å²) in [4.78, 5) is 0. The summed E-state index contributed by atoms with van der Waals surface area (Å²) in [5.74, 6) is 0. The van der Waals surface area contributed by atoms with Crippen LogP contribution < -0.4 is 0 Å². The molecule has 1 rings (SSSR count). The van der Waals surface area contributed by atoms with Crippen molar-refractivity contribution in [2.45, 2.75) is 12.5 Å². The van der Waals surface area contributed by atoms with Crippen LogP contribution in [-0.2, 0) is 4.74 Å². The molecule has 1 aliphatic heterocycles. The first-order chi connectivity index (χ1) is 2.21. The summed E-state index contributed by atoms with van der Waals surface area (Å²) in [6.07, 6.45) is 0. The minimum atomic E-state index is 0. The predicted molar refractivity (Wildman–Crippen MR) is 19.7 cm³/mol. The van der Waals surface area contributed by atoms with Gasteiger partial charge in [0.15, 0.2) is 0 Å². The van der Waals surface area contributed by atoms with Crippen molar-refractivity contribution in [1.29, 1.82) is 0 Å². The second-order valence-corrected chi connectivity index (χ2v) is 1.74. The maximum atomic E-state index is 4.78. The molecule has 1 heterocycles. The van der Waals surface area contributed by atoms with E-state index in [4.69, 9.17) is 4.74 Å². The van der Waals surface area contributed by atoms with E-state index in [1.54, 1.807) is 0 Å². The zero-order valence-corrected chi connectivity index (χ0v) is 10.4. The molecule has 0 amide bonds. The minimum absolute atomic E-state index is 0. The number of ether oxygens (including phenoxy) is 1. The molecule has 0 spiro atoms. The Morgan fingerprint density at radius 1 is 1.83 bits per heavy atom. The third-order valence-corrected chi connectivity index (χ3v) is 0.637. The van der Waals surface area contributed by atoms with Gasteiger partial charge in [-0.25, -0.2) is 0 Å². The van der Waals surface area contributed by atoms with Crippen LogP contribution in [0.3, 0.4) is 0 Å². The number of rotatable bonds is 0. The summed E-state index contributed by atoms with van der Waals surface area (Å²) in [6, 6.07) is 0. The van der Waals surface area contributed by atoms with Gasteiger partial charge >= 0.3 is 0 Å². The van der Waals surface area contributed by atoms with Crippen LogP contribution in [0, 0.1) is 6.92 Å². The molecule has 0 aromatic rings. The van der Waals surface area contributed by atoms with Crippen LogP contribution in [0.1, 0.15) is 6.92 Å². The Labute approximate surface area is 31.9 Å². The fraction of sp³-hybridized carbons (Fsp3) is 0.750. The molecule has 1 nitrogen and oxygen atoms in total. The second-order valence-electron chi connectivity index (χ2n) is 1.74. The van der Waals surface area contributed by atoms with Gasteiger partial charge in [0.2, 0.25) is 0 Å². The topological polar surface area (TPSA) is 12.5 Å². The molecule has 1 fully saturated rings. The predicted octanol–water partition coefficient (Wildman–Crippen LogP) is 0.609. The minimum Gasteiger partial charge on any atom is -0.405 e. The molecule has 6 heavy (non-hydrogen) atoms. The molecule has 0 radical (unpaired) electrons. The molecular formula is C4H7ORf-. The molecule has 0 aromatic heterocycles. The summed E-state index contributed by atoms with van der Waals surface area (Å²) in [6.45, 7) is 6.47. The summed E-state index contributed by atoms with van der Waals surface area (Å²) >= 11 is 0. The molecule has 32 valence electrons. The Hall–Kier alpha value is -1.04. The van der Waals surface area contributed by atoms with Gasteiger partial charge in [-0.1, -0.05) is 6.92 Å². The molecule has 1 unspecified atom stereocenters. The summed E-state index contributed by atoms with van der Waals surface area (Å²) in [7, 11) is 0. The van der Waals surface area contributed by atoms with Gasteiger partial charge < -0.3 is 11.7 Å². The number of hydrogen-bond acceptors (Lipinski definition) is 1. The molecule has 1 atom stereocenters. The van der Waals surface area contributed by atoms with E-state index >= 15 is 0 Å². The van der Waals surface area contributed by atoms with E-state index < -0.39 is 0 Å². The molecule has 1 saturated heterocycles. The van der Waals surface area contributed by atoms with E-state index in [1.807, 2.05) is 6.92 Å². The second kappa shape index (κ2) is 0.716. The molecule has 1 aliphatic rings. The third kappa shape index (κ3) is 0.725. The average Bonchev–Trinajstić information content (AvgIpc) is 1.76. The van der Waals surface area contributed by atoms with Gasteiger partial charge in [0.1, 0.15) is 0 Å². The fourth-order valence-electron chi connectivity index (χ4n) is 0.123. The van der Waals surface area contributed by atoms with Gasteiger partial charge in [0.05, 0.1) is 0 Å². The SMILES string of the molecule is [CH2-]C1(C)CO1.[Rf]. The zero-order valence-electron chi connectivity index (χ0n) is 4.03. The van der Waals surface area contributed by atoms with Gasteiger partial charge in [-0.2, -0.15) is 0 Å². The Bertz CT molecular complexity index is 45.5. The zero-order chi connectivity index (χ0) is 3.91. The van der Waals surface area contributed by atoms with Crippen molar-refractivity contribution in [2.24, 2.45) is 0 Å². The van der Waals surface area contributed by atoms with Crippen LogP contribution in [0.15, 0.2) is 0 Å². The van der Waals surface area contributed by atoms with Crippen LogP contribution >= 0.6 is 0 Å². The van der Waals surface area contributed by atoms with Crippen molar-refractivity contribution in [3.05, 3.63) is 6.92 Å². The molecule has 2 heteroatoms. The first kappa shape index (κ1) is 4.96. The van der Waals surface area contributed by atoms with E-state index in [-0.39, 0.29) is 5.60 Å². The summed E-state index contributed by atoms with van der Waals surface area (Å²) < 4.78 is 4.78. The Balaban J connectivity index is 0.000000250. The molecular weight excluding hydrogens is 331 g/mol. The maximum absolute atomic E-state index is 4.78. The van der Waals surface area contributed by atoms with Crippen molar-refractivity contribution in [2.75, 3.05) is 6.61 Å². The van der Waals surface area contributed by atoms with Crippen LogP contribution in [0.4, 0.5) is 0 Å². The Morgan fingerprint density at radius 3 is 2.00 bits per heavy atom. The van der Waals surface area contributed by atoms with Crippen molar-refractivity contribution < 1.29 is 4.74 Å². The van der Waals surface area contributed by atoms with Crippen LogP contribution in [-0.4, -0.2) is 12.2 Å². The van der Waals surface area contributed by atoms with Gasteiger partial charge in [0, 0.05) is 6.61 Å². The smallest absolute Gasteiger partial charge is 0.0443 e. The van der Waals surface area contributed by atoms with Crippen molar-refractivity contribution in [3.63, 3.8) is 0 Å². The summed E-state index contributed by atoms with van der Waals surface area (Å²) in [5, 5.41) is 0. The van der Waals surface area contributed by atoms with Crippen LogP contribution in [0.25, 0.3) is 0 Å². The van der Waals surface area contributed by atoms with E-state index in [2.05, 4.69) is 6.92 Å². The molecule has 0 N–H and O–H groups in total. The quantitative estimate of drug-likeness (QED) is 0.466. The maximum Gasteiger partial charge on any atom is 0.0443 e. The Morgan fingerprint density at radius 2 is 2.00 bits per heavy atom. The van der Waals surface area contributed by atoms with Crippen LogP contribution in [0.2, 0.25) is 0 Å². The van der Waals surface area contributed by atoms with E-state index in [9.17, 15) is 0 Å². The largest absolute Gasteiger partial charge is 0.405 e.